The summed E-state index contributed by atoms with van der Waals surface area (Å²) in [5, 5.41) is 3.34. The molecule has 0 spiro atoms. The number of likely N-dealkylation sites (N-methyl/N-ethyl adjacent to an activating group) is 1. The van der Waals surface area contributed by atoms with Crippen molar-refractivity contribution in [3.8, 4) is 11.1 Å². The van der Waals surface area contributed by atoms with E-state index in [9.17, 15) is 14.0 Å². The van der Waals surface area contributed by atoms with Crippen LogP contribution in [0.4, 0.5) is 4.39 Å². The van der Waals surface area contributed by atoms with Crippen molar-refractivity contribution in [3.63, 3.8) is 0 Å². The number of carbonyl (C=O) groups excluding carboxylic acids is 2. The monoisotopic (exact) mass is 433 g/mol. The lowest BCUT2D eigenvalue weighted by atomic mass is 9.91. The van der Waals surface area contributed by atoms with Gasteiger partial charge in [-0.15, -0.1) is 0 Å². The Morgan fingerprint density at radius 2 is 1.62 bits per heavy atom. The Hall–Kier alpha value is -2.99. The van der Waals surface area contributed by atoms with Crippen LogP contribution in [-0.2, 0) is 9.59 Å². The van der Waals surface area contributed by atoms with Gasteiger partial charge < -0.3 is 10.2 Å². The summed E-state index contributed by atoms with van der Waals surface area (Å²) in [6.45, 7) is 3.59. The Bertz CT molecular complexity index is 1070. The van der Waals surface area contributed by atoms with Crippen LogP contribution in [0.5, 0.6) is 0 Å². The van der Waals surface area contributed by atoms with E-state index in [0.29, 0.717) is 0 Å². The predicted molar refractivity (Wildman–Crippen MR) is 121 cm³/mol. The van der Waals surface area contributed by atoms with Crippen LogP contribution in [0.1, 0.15) is 37.9 Å². The minimum Gasteiger partial charge on any atom is -0.317 e. The van der Waals surface area contributed by atoms with E-state index in [1.54, 1.807) is 24.1 Å². The van der Waals surface area contributed by atoms with E-state index in [4.69, 9.17) is 0 Å². The molecule has 2 fully saturated rings. The standard InChI is InChI=1S/C26H28FN3O2/c1-16-23(21-13-14-28-15-21)26(32)29(2)24(30(16)25(31)20-7-8-20)19-5-3-17(4-6-19)18-9-11-22(27)12-10-18/h3-6,9-12,20-21,24,28H,7-8,13-15H2,1-2H3. The van der Waals surface area contributed by atoms with Crippen molar-refractivity contribution in [2.75, 3.05) is 20.1 Å². The maximum absolute atomic E-state index is 13.4. The topological polar surface area (TPSA) is 52.7 Å². The maximum Gasteiger partial charge on any atom is 0.253 e. The summed E-state index contributed by atoms with van der Waals surface area (Å²) in [6, 6.07) is 14.3. The van der Waals surface area contributed by atoms with E-state index in [0.717, 1.165) is 60.3 Å². The Kier molecular flexibility index (Phi) is 5.33. The molecule has 2 amide bonds. The van der Waals surface area contributed by atoms with E-state index in [1.807, 2.05) is 36.1 Å². The van der Waals surface area contributed by atoms with E-state index >= 15 is 0 Å². The molecule has 1 saturated carbocycles. The number of allylic oxidation sites excluding steroid dienone is 1. The first-order valence-corrected chi connectivity index (χ1v) is 11.3. The van der Waals surface area contributed by atoms with Crippen LogP contribution in [-0.4, -0.2) is 41.8 Å². The number of amides is 2. The molecule has 0 bridgehead atoms. The SMILES string of the molecule is CC1=C(C2CCNC2)C(=O)N(C)C(c2ccc(-c3ccc(F)cc3)cc2)N1C(=O)C1CC1. The Labute approximate surface area is 187 Å². The molecular formula is C26H28FN3O2. The molecule has 1 saturated heterocycles. The van der Waals surface area contributed by atoms with Gasteiger partial charge in [0.05, 0.1) is 0 Å². The second kappa shape index (κ2) is 8.17. The molecular weight excluding hydrogens is 405 g/mol. The number of nitrogens with zero attached hydrogens (tertiary/aromatic N) is 2. The number of rotatable bonds is 4. The van der Waals surface area contributed by atoms with Crippen molar-refractivity contribution in [1.82, 2.24) is 15.1 Å². The van der Waals surface area contributed by atoms with Crippen molar-refractivity contribution < 1.29 is 14.0 Å². The van der Waals surface area contributed by atoms with E-state index < -0.39 is 6.17 Å². The summed E-state index contributed by atoms with van der Waals surface area (Å²) in [5.41, 5.74) is 4.34. The van der Waals surface area contributed by atoms with Gasteiger partial charge in [-0.2, -0.15) is 0 Å². The van der Waals surface area contributed by atoms with Gasteiger partial charge in [-0.3, -0.25) is 14.5 Å². The molecule has 0 aromatic heterocycles. The van der Waals surface area contributed by atoms with Crippen LogP contribution in [0.2, 0.25) is 0 Å². The third kappa shape index (κ3) is 3.62. The summed E-state index contributed by atoms with van der Waals surface area (Å²) in [6.07, 6.45) is 2.28. The van der Waals surface area contributed by atoms with Crippen LogP contribution >= 0.6 is 0 Å². The number of hydrogen-bond donors (Lipinski definition) is 1. The quantitative estimate of drug-likeness (QED) is 0.790. The highest BCUT2D eigenvalue weighted by Crippen LogP contribution is 2.42. The molecule has 2 aromatic carbocycles. The van der Waals surface area contributed by atoms with Crippen molar-refractivity contribution in [2.24, 2.45) is 11.8 Å². The first-order chi connectivity index (χ1) is 15.5. The largest absolute Gasteiger partial charge is 0.317 e. The first-order valence-electron chi connectivity index (χ1n) is 11.3. The minimum absolute atomic E-state index is 0.00339. The lowest BCUT2D eigenvalue weighted by Crippen LogP contribution is -2.51. The molecule has 1 aliphatic carbocycles. The second-order valence-corrected chi connectivity index (χ2v) is 9.09. The zero-order chi connectivity index (χ0) is 22.4. The average Bonchev–Trinajstić information content (AvgIpc) is 3.52. The molecule has 2 aromatic rings. The van der Waals surface area contributed by atoms with Crippen molar-refractivity contribution in [2.45, 2.75) is 32.4 Å². The smallest absolute Gasteiger partial charge is 0.253 e. The minimum atomic E-state index is -0.462. The molecule has 1 N–H and O–H groups in total. The Balaban J connectivity index is 1.53. The highest BCUT2D eigenvalue weighted by Gasteiger charge is 2.45. The van der Waals surface area contributed by atoms with Crippen LogP contribution < -0.4 is 5.32 Å². The molecule has 0 radical (unpaired) electrons. The molecule has 5 rings (SSSR count). The molecule has 2 aliphatic heterocycles. The molecule has 5 nitrogen and oxygen atoms in total. The fourth-order valence-corrected chi connectivity index (χ4v) is 4.99. The third-order valence-corrected chi connectivity index (χ3v) is 6.93. The summed E-state index contributed by atoms with van der Waals surface area (Å²) < 4.78 is 13.3. The zero-order valence-electron chi connectivity index (χ0n) is 18.5. The normalized spacial score (nSPS) is 23.8. The molecule has 166 valence electrons. The Morgan fingerprint density at radius 1 is 1.00 bits per heavy atom. The number of nitrogens with one attached hydrogen (secondary N) is 1. The van der Waals surface area contributed by atoms with Crippen molar-refractivity contribution >= 4 is 11.8 Å². The summed E-state index contributed by atoms with van der Waals surface area (Å²) in [7, 11) is 1.79. The van der Waals surface area contributed by atoms with E-state index in [1.165, 1.54) is 12.1 Å². The van der Waals surface area contributed by atoms with Gasteiger partial charge in [0.1, 0.15) is 12.0 Å². The number of carbonyl (C=O) groups is 2. The fourth-order valence-electron chi connectivity index (χ4n) is 4.99. The van der Waals surface area contributed by atoms with Crippen LogP contribution in [0.15, 0.2) is 59.8 Å². The maximum atomic E-state index is 13.4. The van der Waals surface area contributed by atoms with Crippen LogP contribution in [0, 0.1) is 17.7 Å². The first kappa shape index (κ1) is 20.9. The summed E-state index contributed by atoms with van der Waals surface area (Å²) >= 11 is 0. The fraction of sp³-hybridized carbons (Fsp3) is 0.385. The molecule has 6 heteroatoms. The highest BCUT2D eigenvalue weighted by molar-refractivity contribution is 5.98. The summed E-state index contributed by atoms with van der Waals surface area (Å²) in [5.74, 6) is 0.0378. The van der Waals surface area contributed by atoms with Gasteiger partial charge >= 0.3 is 0 Å². The molecule has 32 heavy (non-hydrogen) atoms. The number of hydrogen-bond acceptors (Lipinski definition) is 3. The van der Waals surface area contributed by atoms with Crippen LogP contribution in [0.3, 0.4) is 0 Å². The zero-order valence-corrected chi connectivity index (χ0v) is 18.5. The van der Waals surface area contributed by atoms with Gasteiger partial charge in [0.25, 0.3) is 5.91 Å². The highest BCUT2D eigenvalue weighted by atomic mass is 19.1. The predicted octanol–water partition coefficient (Wildman–Crippen LogP) is 4.09. The van der Waals surface area contributed by atoms with E-state index in [2.05, 4.69) is 5.32 Å². The molecule has 2 atom stereocenters. The van der Waals surface area contributed by atoms with Crippen LogP contribution in [0.25, 0.3) is 11.1 Å². The lowest BCUT2D eigenvalue weighted by molar-refractivity contribution is -0.144. The van der Waals surface area contributed by atoms with Gasteiger partial charge in [-0.05, 0) is 61.6 Å². The second-order valence-electron chi connectivity index (χ2n) is 9.09. The number of halogens is 1. The Morgan fingerprint density at radius 3 is 2.19 bits per heavy atom. The van der Waals surface area contributed by atoms with Crippen molar-refractivity contribution in [1.29, 1.82) is 0 Å². The van der Waals surface area contributed by atoms with E-state index in [-0.39, 0.29) is 29.5 Å². The lowest BCUT2D eigenvalue weighted by Gasteiger charge is -2.44. The third-order valence-electron chi connectivity index (χ3n) is 6.93. The summed E-state index contributed by atoms with van der Waals surface area (Å²) in [4.78, 5) is 30.4. The molecule has 2 unspecified atom stereocenters. The molecule has 3 aliphatic rings. The van der Waals surface area contributed by atoms with Gasteiger partial charge in [-0.1, -0.05) is 36.4 Å². The van der Waals surface area contributed by atoms with Gasteiger partial charge in [0, 0.05) is 36.7 Å². The van der Waals surface area contributed by atoms with Gasteiger partial charge in [-0.25, -0.2) is 4.39 Å². The van der Waals surface area contributed by atoms with Gasteiger partial charge in [0.2, 0.25) is 5.91 Å². The number of benzene rings is 2. The van der Waals surface area contributed by atoms with Gasteiger partial charge in [0.15, 0.2) is 0 Å². The molecule has 2 heterocycles. The van der Waals surface area contributed by atoms with Crippen molar-refractivity contribution in [3.05, 3.63) is 71.2 Å². The average molecular weight is 434 g/mol.